The Bertz CT molecular complexity index is 1100. The maximum atomic E-state index is 13.3. The molecule has 0 saturated heterocycles. The summed E-state index contributed by atoms with van der Waals surface area (Å²) >= 11 is 0. The number of aliphatic carboxylic acids is 1. The molecule has 1 heterocycles. The Kier molecular flexibility index (Phi) is 15.4. The van der Waals surface area contributed by atoms with Crippen LogP contribution in [-0.2, 0) is 30.4 Å². The van der Waals surface area contributed by atoms with E-state index in [1.807, 2.05) is 0 Å². The molecule has 0 aliphatic heterocycles. The molecule has 0 aliphatic carbocycles. The van der Waals surface area contributed by atoms with Gasteiger partial charge in [-0.1, -0.05) is 0 Å². The Morgan fingerprint density at radius 3 is 1.88 bits per heavy atom. The van der Waals surface area contributed by atoms with Crippen molar-refractivity contribution in [2.24, 2.45) is 44.4 Å². The van der Waals surface area contributed by atoms with Gasteiger partial charge in [-0.25, -0.2) is 9.78 Å². The predicted octanol–water partition coefficient (Wildman–Crippen LogP) is -4.81. The number of carboxylic acid groups (broad SMARTS) is 1. The molecule has 4 unspecified atom stereocenters. The van der Waals surface area contributed by atoms with E-state index in [2.05, 4.69) is 35.9 Å². The molecule has 19 nitrogen and oxygen atoms in total. The van der Waals surface area contributed by atoms with Crippen molar-refractivity contribution in [1.29, 1.82) is 0 Å². The van der Waals surface area contributed by atoms with Crippen molar-refractivity contribution in [3.05, 3.63) is 18.2 Å². The van der Waals surface area contributed by atoms with Crippen LogP contribution < -0.4 is 50.4 Å². The minimum Gasteiger partial charge on any atom is -0.480 e. The second kappa shape index (κ2) is 18.4. The number of hydrogen-bond donors (Lipinski definition) is 11. The number of aliphatic imine (C=N–C) groups is 2. The van der Waals surface area contributed by atoms with E-state index in [1.54, 1.807) is 0 Å². The van der Waals surface area contributed by atoms with Gasteiger partial charge in [0.05, 0.1) is 12.4 Å². The van der Waals surface area contributed by atoms with Crippen LogP contribution in [0.1, 0.15) is 44.2 Å². The molecule has 0 saturated carbocycles. The average Bonchev–Trinajstić information content (AvgIpc) is 3.42. The third kappa shape index (κ3) is 14.4. The maximum absolute atomic E-state index is 13.3. The molecule has 17 N–H and O–H groups in total. The van der Waals surface area contributed by atoms with E-state index in [1.165, 1.54) is 12.5 Å². The highest BCUT2D eigenvalue weighted by molar-refractivity contribution is 5.94. The average molecular weight is 596 g/mol. The van der Waals surface area contributed by atoms with Crippen molar-refractivity contribution >= 4 is 41.5 Å². The molecule has 0 radical (unpaired) electrons. The number of rotatable bonds is 20. The Morgan fingerprint density at radius 1 is 0.810 bits per heavy atom. The van der Waals surface area contributed by atoms with E-state index >= 15 is 0 Å². The summed E-state index contributed by atoms with van der Waals surface area (Å²) in [5.41, 5.74) is 32.7. The summed E-state index contributed by atoms with van der Waals surface area (Å²) in [5, 5.41) is 17.0. The fourth-order valence-corrected chi connectivity index (χ4v) is 3.62. The molecule has 19 heteroatoms. The van der Waals surface area contributed by atoms with Gasteiger partial charge in [-0.15, -0.1) is 0 Å². The van der Waals surface area contributed by atoms with Crippen LogP contribution in [0.3, 0.4) is 0 Å². The van der Waals surface area contributed by atoms with Gasteiger partial charge in [0.15, 0.2) is 11.9 Å². The molecule has 4 atom stereocenters. The van der Waals surface area contributed by atoms with Gasteiger partial charge in [0.2, 0.25) is 23.6 Å². The zero-order valence-electron chi connectivity index (χ0n) is 23.1. The number of guanidine groups is 2. The number of aromatic nitrogens is 2. The van der Waals surface area contributed by atoms with Gasteiger partial charge in [0, 0.05) is 37.8 Å². The first-order valence-electron chi connectivity index (χ1n) is 13.1. The lowest BCUT2D eigenvalue weighted by molar-refractivity contribution is -0.142. The number of H-pyrrole nitrogens is 1. The molecule has 0 aliphatic rings. The van der Waals surface area contributed by atoms with Crippen LogP contribution in [0.4, 0.5) is 0 Å². The first-order valence-corrected chi connectivity index (χ1v) is 13.1. The van der Waals surface area contributed by atoms with Crippen LogP contribution in [0, 0.1) is 0 Å². The van der Waals surface area contributed by atoms with Crippen molar-refractivity contribution in [3.63, 3.8) is 0 Å². The zero-order valence-corrected chi connectivity index (χ0v) is 23.1. The monoisotopic (exact) mass is 595 g/mol. The van der Waals surface area contributed by atoms with Gasteiger partial charge in [-0.2, -0.15) is 0 Å². The SMILES string of the molecule is NC(=O)CCC(NC(=O)C(N)CCCN=C(N)N)C(=O)NC(Cc1cnc[nH]1)C(=O)NC(CCCN=C(N)N)C(=O)O. The summed E-state index contributed by atoms with van der Waals surface area (Å²) in [6.45, 7) is 0.388. The van der Waals surface area contributed by atoms with Crippen molar-refractivity contribution in [3.8, 4) is 0 Å². The van der Waals surface area contributed by atoms with E-state index in [-0.39, 0.29) is 63.5 Å². The first-order chi connectivity index (χ1) is 19.8. The van der Waals surface area contributed by atoms with Gasteiger partial charge >= 0.3 is 5.97 Å². The summed E-state index contributed by atoms with van der Waals surface area (Å²) in [6, 6.07) is -4.92. The molecule has 1 aromatic rings. The lowest BCUT2D eigenvalue weighted by Crippen LogP contribution is -2.57. The number of nitrogens with two attached hydrogens (primary N) is 6. The Balaban J connectivity index is 3.02. The third-order valence-electron chi connectivity index (χ3n) is 5.79. The molecular weight excluding hydrogens is 554 g/mol. The van der Waals surface area contributed by atoms with Crippen LogP contribution in [-0.4, -0.2) is 93.8 Å². The Morgan fingerprint density at radius 2 is 1.36 bits per heavy atom. The standard InChI is InChI=1S/C23H41N13O6/c24-13(3-1-7-31-22(26)27)18(38)34-14(5-6-17(25)37)19(39)36-16(9-12-10-30-11-33-12)20(40)35-15(21(41)42)4-2-8-32-23(28)29/h10-11,13-16H,1-9,24H2,(H2,25,37)(H,30,33)(H,34,38)(H,35,40)(H,36,39)(H,41,42)(H4,26,27,31)(H4,28,29,32). The smallest absolute Gasteiger partial charge is 0.326 e. The van der Waals surface area contributed by atoms with Crippen LogP contribution >= 0.6 is 0 Å². The van der Waals surface area contributed by atoms with E-state index < -0.39 is 53.8 Å². The van der Waals surface area contributed by atoms with Crippen molar-refractivity contribution in [1.82, 2.24) is 25.9 Å². The second-order valence-corrected chi connectivity index (χ2v) is 9.31. The van der Waals surface area contributed by atoms with Crippen LogP contribution in [0.5, 0.6) is 0 Å². The molecule has 42 heavy (non-hydrogen) atoms. The minimum absolute atomic E-state index is 0.000936. The minimum atomic E-state index is -1.31. The highest BCUT2D eigenvalue weighted by Gasteiger charge is 2.31. The van der Waals surface area contributed by atoms with Crippen molar-refractivity contribution in [2.45, 2.75) is 69.1 Å². The highest BCUT2D eigenvalue weighted by Crippen LogP contribution is 2.06. The lowest BCUT2D eigenvalue weighted by atomic mass is 10.1. The second-order valence-electron chi connectivity index (χ2n) is 9.31. The molecule has 1 rings (SSSR count). The fourth-order valence-electron chi connectivity index (χ4n) is 3.62. The predicted molar refractivity (Wildman–Crippen MR) is 152 cm³/mol. The van der Waals surface area contributed by atoms with E-state index in [9.17, 15) is 29.1 Å². The molecule has 0 fully saturated rings. The van der Waals surface area contributed by atoms with E-state index in [0.717, 1.165) is 0 Å². The van der Waals surface area contributed by atoms with E-state index in [4.69, 9.17) is 34.4 Å². The Hall–Kier alpha value is -4.94. The number of amides is 4. The topological polar surface area (TPSA) is 351 Å². The quantitative estimate of drug-likeness (QED) is 0.0384. The van der Waals surface area contributed by atoms with Gasteiger partial charge in [0.25, 0.3) is 0 Å². The molecule has 0 aromatic carbocycles. The maximum Gasteiger partial charge on any atom is 0.326 e. The number of carboxylic acids is 1. The zero-order chi connectivity index (χ0) is 31.7. The number of carbonyl (C=O) groups excluding carboxylic acids is 4. The van der Waals surface area contributed by atoms with Crippen LogP contribution in [0.25, 0.3) is 0 Å². The van der Waals surface area contributed by atoms with Gasteiger partial charge in [-0.3, -0.25) is 29.2 Å². The molecule has 1 aromatic heterocycles. The van der Waals surface area contributed by atoms with Crippen LogP contribution in [0.2, 0.25) is 0 Å². The number of hydrogen-bond acceptors (Lipinski definition) is 9. The summed E-state index contributed by atoms with van der Waals surface area (Å²) in [6.07, 6.45) is 3.07. The van der Waals surface area contributed by atoms with E-state index in [0.29, 0.717) is 12.1 Å². The summed E-state index contributed by atoms with van der Waals surface area (Å²) < 4.78 is 0. The lowest BCUT2D eigenvalue weighted by Gasteiger charge is -2.25. The number of carbonyl (C=O) groups is 5. The highest BCUT2D eigenvalue weighted by atomic mass is 16.4. The van der Waals surface area contributed by atoms with Gasteiger partial charge in [0.1, 0.15) is 18.1 Å². The Labute approximate surface area is 241 Å². The molecule has 234 valence electrons. The number of primary amides is 1. The van der Waals surface area contributed by atoms with Crippen molar-refractivity contribution in [2.75, 3.05) is 13.1 Å². The molecule has 4 amide bonds. The number of nitrogens with one attached hydrogen (secondary N) is 4. The van der Waals surface area contributed by atoms with Crippen molar-refractivity contribution < 1.29 is 29.1 Å². The molecule has 0 spiro atoms. The number of imidazole rings is 1. The molecular formula is C23H41N13O6. The summed E-state index contributed by atoms with van der Waals surface area (Å²) in [4.78, 5) is 76.6. The van der Waals surface area contributed by atoms with Gasteiger partial charge in [-0.05, 0) is 32.1 Å². The van der Waals surface area contributed by atoms with Crippen LogP contribution in [0.15, 0.2) is 22.5 Å². The first kappa shape index (κ1) is 35.1. The number of aromatic amines is 1. The molecule has 0 bridgehead atoms. The normalized spacial score (nSPS) is 13.5. The fraction of sp³-hybridized carbons (Fsp3) is 0.565. The largest absolute Gasteiger partial charge is 0.480 e. The van der Waals surface area contributed by atoms with Gasteiger partial charge < -0.3 is 60.4 Å². The summed E-state index contributed by atoms with van der Waals surface area (Å²) in [5.74, 6) is -4.62. The number of nitrogens with zero attached hydrogens (tertiary/aromatic N) is 3. The summed E-state index contributed by atoms with van der Waals surface area (Å²) in [7, 11) is 0. The third-order valence-corrected chi connectivity index (χ3v) is 5.79.